The van der Waals surface area contributed by atoms with Gasteiger partial charge in [0.25, 0.3) is 5.71 Å². The van der Waals surface area contributed by atoms with E-state index in [-0.39, 0.29) is 0 Å². The number of aryl methyl sites for hydroxylation is 2. The highest BCUT2D eigenvalue weighted by atomic mass is 16.3. The quantitative estimate of drug-likeness (QED) is 0.596. The fourth-order valence-electron chi connectivity index (χ4n) is 2.05. The number of benzene rings is 1. The molecule has 1 aromatic carbocycles. The van der Waals surface area contributed by atoms with E-state index in [0.717, 1.165) is 11.1 Å². The molecule has 0 spiro atoms. The smallest absolute Gasteiger partial charge is 0.291 e. The van der Waals surface area contributed by atoms with Crippen molar-refractivity contribution in [1.29, 1.82) is 0 Å². The summed E-state index contributed by atoms with van der Waals surface area (Å²) < 4.78 is 7.14. The summed E-state index contributed by atoms with van der Waals surface area (Å²) in [6.07, 6.45) is 1.67. The first kappa shape index (κ1) is 10.0. The Balaban J connectivity index is 2.30. The van der Waals surface area contributed by atoms with Crippen LogP contribution in [0.15, 0.2) is 47.1 Å². The van der Waals surface area contributed by atoms with Crippen molar-refractivity contribution in [3.05, 3.63) is 48.2 Å². The Hall–Kier alpha value is -2.16. The molecule has 0 saturated heterocycles. The van der Waals surface area contributed by atoms with E-state index >= 15 is 0 Å². The van der Waals surface area contributed by atoms with Gasteiger partial charge in [0.2, 0.25) is 5.69 Å². The summed E-state index contributed by atoms with van der Waals surface area (Å²) in [4.78, 5) is 0. The zero-order chi connectivity index (χ0) is 11.8. The maximum absolute atomic E-state index is 5.29. The Bertz CT molecular complexity index is 686. The van der Waals surface area contributed by atoms with Crippen LogP contribution in [0.25, 0.3) is 22.4 Å². The van der Waals surface area contributed by atoms with Gasteiger partial charge in [0, 0.05) is 11.2 Å². The van der Waals surface area contributed by atoms with Crippen molar-refractivity contribution >= 4 is 11.1 Å². The molecule has 3 heteroatoms. The number of nitrogens with zero attached hydrogens (tertiary/aromatic N) is 2. The second kappa shape index (κ2) is 3.70. The molecule has 0 aliphatic carbocycles. The summed E-state index contributed by atoms with van der Waals surface area (Å²) in [6.45, 7) is 2.11. The van der Waals surface area contributed by atoms with Gasteiger partial charge in [-0.2, -0.15) is 0 Å². The van der Waals surface area contributed by atoms with Gasteiger partial charge in [0.05, 0.1) is 17.2 Å². The van der Waals surface area contributed by atoms with Gasteiger partial charge in [0.15, 0.2) is 7.05 Å². The average Bonchev–Trinajstić information content (AvgIpc) is 2.76. The maximum Gasteiger partial charge on any atom is 0.291 e. The van der Waals surface area contributed by atoms with Gasteiger partial charge in [-0.25, -0.2) is 0 Å². The molecule has 0 radical (unpaired) electrons. The van der Waals surface area contributed by atoms with Gasteiger partial charge in [-0.1, -0.05) is 22.9 Å². The highest BCUT2D eigenvalue weighted by Gasteiger charge is 2.16. The van der Waals surface area contributed by atoms with E-state index in [1.807, 2.05) is 29.9 Å². The monoisotopic (exact) mass is 225 g/mol. The van der Waals surface area contributed by atoms with Crippen LogP contribution in [-0.2, 0) is 7.05 Å². The molecule has 0 saturated carbocycles. The summed E-state index contributed by atoms with van der Waals surface area (Å²) in [5.74, 6) is 0. The fraction of sp³-hybridized carbons (Fsp3) is 0.143. The third-order valence-electron chi connectivity index (χ3n) is 2.98. The minimum Gasteiger partial charge on any atom is -0.442 e. The van der Waals surface area contributed by atoms with Gasteiger partial charge in [0.1, 0.15) is 0 Å². The fourth-order valence-corrected chi connectivity index (χ4v) is 2.05. The molecule has 0 atom stereocenters. The van der Waals surface area contributed by atoms with Crippen LogP contribution in [-0.4, -0.2) is 5.10 Å². The van der Waals surface area contributed by atoms with Crippen molar-refractivity contribution in [3.8, 4) is 11.3 Å². The first-order valence-electron chi connectivity index (χ1n) is 5.56. The predicted octanol–water partition coefficient (Wildman–Crippen LogP) is 2.63. The first-order chi connectivity index (χ1) is 8.25. The molecular weight excluding hydrogens is 212 g/mol. The lowest BCUT2D eigenvalue weighted by atomic mass is 10.1. The molecule has 3 rings (SSSR count). The van der Waals surface area contributed by atoms with E-state index in [2.05, 4.69) is 30.2 Å². The number of rotatable bonds is 1. The molecule has 0 bridgehead atoms. The van der Waals surface area contributed by atoms with Crippen LogP contribution in [0.5, 0.6) is 0 Å². The Kier molecular flexibility index (Phi) is 2.18. The maximum atomic E-state index is 5.29. The Morgan fingerprint density at radius 1 is 1.18 bits per heavy atom. The SMILES string of the molecule is Cc1ccccc1-c1cc2ccoc2n[n+]1C. The van der Waals surface area contributed by atoms with Gasteiger partial charge in [-0.05, 0) is 24.6 Å². The van der Waals surface area contributed by atoms with Crippen molar-refractivity contribution in [2.75, 3.05) is 0 Å². The molecule has 0 aliphatic heterocycles. The molecule has 3 aromatic rings. The number of hydrogen-bond acceptors (Lipinski definition) is 2. The summed E-state index contributed by atoms with van der Waals surface area (Å²) in [5, 5.41) is 5.43. The van der Waals surface area contributed by atoms with Crippen LogP contribution in [0.4, 0.5) is 0 Å². The van der Waals surface area contributed by atoms with Gasteiger partial charge in [-0.15, -0.1) is 0 Å². The van der Waals surface area contributed by atoms with Gasteiger partial charge < -0.3 is 4.42 Å². The topological polar surface area (TPSA) is 29.9 Å². The normalized spacial score (nSPS) is 10.9. The number of fused-ring (bicyclic) bond motifs is 1. The van der Waals surface area contributed by atoms with Crippen LogP contribution in [0.2, 0.25) is 0 Å². The minimum atomic E-state index is 0.671. The molecule has 0 amide bonds. The molecule has 0 fully saturated rings. The number of aromatic nitrogens is 2. The van der Waals surface area contributed by atoms with Crippen LogP contribution < -0.4 is 4.68 Å². The molecule has 2 aromatic heterocycles. The summed E-state index contributed by atoms with van der Waals surface area (Å²) in [5.41, 5.74) is 4.21. The highest BCUT2D eigenvalue weighted by molar-refractivity contribution is 5.76. The lowest BCUT2D eigenvalue weighted by molar-refractivity contribution is -0.718. The molecule has 2 heterocycles. The Labute approximate surface area is 99.3 Å². The second-order valence-corrected chi connectivity index (χ2v) is 4.15. The van der Waals surface area contributed by atoms with Crippen molar-refractivity contribution in [2.45, 2.75) is 6.92 Å². The molecule has 0 N–H and O–H groups in total. The minimum absolute atomic E-state index is 0.671. The summed E-state index contributed by atoms with van der Waals surface area (Å²) in [7, 11) is 1.93. The average molecular weight is 225 g/mol. The molecule has 0 aliphatic rings. The highest BCUT2D eigenvalue weighted by Crippen LogP contribution is 2.22. The summed E-state index contributed by atoms with van der Waals surface area (Å²) >= 11 is 0. The molecule has 17 heavy (non-hydrogen) atoms. The Morgan fingerprint density at radius 3 is 2.82 bits per heavy atom. The van der Waals surface area contributed by atoms with Gasteiger partial charge in [-0.3, -0.25) is 0 Å². The van der Waals surface area contributed by atoms with Crippen LogP contribution in [0.3, 0.4) is 0 Å². The molecular formula is C14H13N2O+. The predicted molar refractivity (Wildman–Crippen MR) is 65.4 cm³/mol. The van der Waals surface area contributed by atoms with Crippen molar-refractivity contribution in [3.63, 3.8) is 0 Å². The van der Waals surface area contributed by atoms with Crippen molar-refractivity contribution in [2.24, 2.45) is 7.05 Å². The summed E-state index contributed by atoms with van der Waals surface area (Å²) in [6, 6.07) is 12.3. The standard InChI is InChI=1S/C14H13N2O/c1-10-5-3-4-6-12(10)13-9-11-7-8-17-14(11)15-16(13)2/h3-9H,1-2H3/q+1. The lowest BCUT2D eigenvalue weighted by Crippen LogP contribution is -2.35. The van der Waals surface area contributed by atoms with E-state index in [0.29, 0.717) is 5.71 Å². The van der Waals surface area contributed by atoms with E-state index in [1.54, 1.807) is 6.26 Å². The Morgan fingerprint density at radius 2 is 2.00 bits per heavy atom. The van der Waals surface area contributed by atoms with E-state index in [9.17, 15) is 0 Å². The van der Waals surface area contributed by atoms with E-state index in [4.69, 9.17) is 4.42 Å². The van der Waals surface area contributed by atoms with Crippen LogP contribution in [0, 0.1) is 6.92 Å². The largest absolute Gasteiger partial charge is 0.442 e. The first-order valence-corrected chi connectivity index (χ1v) is 5.56. The molecule has 84 valence electrons. The number of furan rings is 1. The molecule has 3 nitrogen and oxygen atoms in total. The third-order valence-corrected chi connectivity index (χ3v) is 2.98. The lowest BCUT2D eigenvalue weighted by Gasteiger charge is -2.01. The second-order valence-electron chi connectivity index (χ2n) is 4.15. The third kappa shape index (κ3) is 1.60. The van der Waals surface area contributed by atoms with Crippen molar-refractivity contribution < 1.29 is 9.10 Å². The van der Waals surface area contributed by atoms with Crippen molar-refractivity contribution in [1.82, 2.24) is 5.10 Å². The zero-order valence-electron chi connectivity index (χ0n) is 9.84. The van der Waals surface area contributed by atoms with Crippen LogP contribution >= 0.6 is 0 Å². The molecule has 0 unspecified atom stereocenters. The van der Waals surface area contributed by atoms with E-state index in [1.165, 1.54) is 11.1 Å². The van der Waals surface area contributed by atoms with Gasteiger partial charge >= 0.3 is 0 Å². The van der Waals surface area contributed by atoms with E-state index < -0.39 is 0 Å². The van der Waals surface area contributed by atoms with Crippen LogP contribution in [0.1, 0.15) is 5.56 Å². The number of hydrogen-bond donors (Lipinski definition) is 0. The zero-order valence-corrected chi connectivity index (χ0v) is 9.84.